The van der Waals surface area contributed by atoms with Gasteiger partial charge in [-0.2, -0.15) is 0 Å². The lowest BCUT2D eigenvalue weighted by Crippen LogP contribution is -2.06. The van der Waals surface area contributed by atoms with Crippen molar-refractivity contribution in [2.75, 3.05) is 12.4 Å². The summed E-state index contributed by atoms with van der Waals surface area (Å²) in [4.78, 5) is 15.5. The number of halogens is 1. The summed E-state index contributed by atoms with van der Waals surface area (Å²) >= 11 is 5.76. The van der Waals surface area contributed by atoms with Crippen molar-refractivity contribution in [3.8, 4) is 5.75 Å². The number of phenolic OH excluding ortho intramolecular Hbond substituents is 1. The Morgan fingerprint density at radius 3 is 2.90 bits per heavy atom. The minimum absolute atomic E-state index is 0.0256. The third-order valence-electron chi connectivity index (χ3n) is 2.58. The van der Waals surface area contributed by atoms with Gasteiger partial charge in [-0.3, -0.25) is 4.79 Å². The molecule has 1 aromatic carbocycles. The summed E-state index contributed by atoms with van der Waals surface area (Å²) in [5.74, 6) is 0.186. The van der Waals surface area contributed by atoms with Crippen LogP contribution in [0.25, 0.3) is 0 Å². The van der Waals surface area contributed by atoms with Crippen molar-refractivity contribution in [1.29, 1.82) is 0 Å². The first-order valence-corrected chi connectivity index (χ1v) is 6.24. The molecule has 2 N–H and O–H groups in total. The lowest BCUT2D eigenvalue weighted by molar-refractivity contribution is -0.139. The molecule has 0 fully saturated rings. The van der Waals surface area contributed by atoms with Gasteiger partial charge in [0.05, 0.1) is 24.9 Å². The van der Waals surface area contributed by atoms with Crippen molar-refractivity contribution in [2.24, 2.45) is 0 Å². The van der Waals surface area contributed by atoms with Gasteiger partial charge in [0.25, 0.3) is 0 Å². The summed E-state index contributed by atoms with van der Waals surface area (Å²) in [6, 6.07) is 9.95. The summed E-state index contributed by atoms with van der Waals surface area (Å²) in [6.45, 7) is 0. The fraction of sp³-hybridized carbons (Fsp3) is 0.143. The van der Waals surface area contributed by atoms with Gasteiger partial charge in [0.15, 0.2) is 0 Å². The maximum absolute atomic E-state index is 11.2. The zero-order valence-electron chi connectivity index (χ0n) is 10.8. The fourth-order valence-corrected chi connectivity index (χ4v) is 1.78. The van der Waals surface area contributed by atoms with E-state index in [2.05, 4.69) is 15.0 Å². The van der Waals surface area contributed by atoms with Gasteiger partial charge in [0.1, 0.15) is 11.6 Å². The summed E-state index contributed by atoms with van der Waals surface area (Å²) in [5, 5.41) is 13.2. The van der Waals surface area contributed by atoms with Gasteiger partial charge in [0, 0.05) is 11.1 Å². The number of hydrogen-bond donors (Lipinski definition) is 2. The van der Waals surface area contributed by atoms with Crippen LogP contribution < -0.4 is 5.32 Å². The molecule has 20 heavy (non-hydrogen) atoms. The molecule has 0 aliphatic rings. The monoisotopic (exact) mass is 292 g/mol. The van der Waals surface area contributed by atoms with Crippen LogP contribution >= 0.6 is 11.6 Å². The lowest BCUT2D eigenvalue weighted by atomic mass is 10.2. The van der Waals surface area contributed by atoms with E-state index in [4.69, 9.17) is 11.6 Å². The zero-order chi connectivity index (χ0) is 14.5. The molecule has 2 rings (SSSR count). The van der Waals surface area contributed by atoms with Gasteiger partial charge in [-0.05, 0) is 24.3 Å². The third kappa shape index (κ3) is 3.61. The number of nitrogens with one attached hydrogen (secondary N) is 1. The molecule has 0 spiro atoms. The number of anilines is 2. The second-order valence-electron chi connectivity index (χ2n) is 4.05. The molecule has 1 aromatic heterocycles. The molecule has 0 atom stereocenters. The fourth-order valence-electron chi connectivity index (χ4n) is 1.62. The highest BCUT2D eigenvalue weighted by Crippen LogP contribution is 2.28. The number of nitrogens with zero attached hydrogens (tertiary/aromatic N) is 1. The van der Waals surface area contributed by atoms with Crippen LogP contribution in [0, 0.1) is 0 Å². The highest BCUT2D eigenvalue weighted by Gasteiger charge is 2.07. The molecule has 0 unspecified atom stereocenters. The van der Waals surface area contributed by atoms with Crippen molar-refractivity contribution in [3.05, 3.63) is 47.1 Å². The standard InChI is InChI=1S/C14H13ClN2O3/c1-20-14(19)8-10-3-2-4-13(16-10)17-11-6-5-9(15)7-12(11)18/h2-7,18H,8H2,1H3,(H,16,17). The number of methoxy groups -OCH3 is 1. The first-order chi connectivity index (χ1) is 9.58. The quantitative estimate of drug-likeness (QED) is 0.670. The summed E-state index contributed by atoms with van der Waals surface area (Å²) in [5.41, 5.74) is 1.06. The Labute approximate surface area is 121 Å². The van der Waals surface area contributed by atoms with Crippen molar-refractivity contribution in [3.63, 3.8) is 0 Å². The molecule has 1 heterocycles. The highest BCUT2D eigenvalue weighted by molar-refractivity contribution is 6.30. The van der Waals surface area contributed by atoms with Crippen LogP contribution in [0.4, 0.5) is 11.5 Å². The Hall–Kier alpha value is -2.27. The molecule has 104 valence electrons. The number of rotatable bonds is 4. The topological polar surface area (TPSA) is 71.5 Å². The largest absolute Gasteiger partial charge is 0.506 e. The first kappa shape index (κ1) is 14.1. The number of aromatic nitrogens is 1. The Morgan fingerprint density at radius 2 is 2.20 bits per heavy atom. The number of aromatic hydroxyl groups is 1. The molecule has 2 aromatic rings. The normalized spacial score (nSPS) is 10.1. The molecule has 0 aliphatic heterocycles. The predicted molar refractivity (Wildman–Crippen MR) is 76.4 cm³/mol. The maximum atomic E-state index is 11.2. The Kier molecular flexibility index (Phi) is 4.42. The van der Waals surface area contributed by atoms with E-state index in [0.29, 0.717) is 22.2 Å². The average Bonchev–Trinajstić information content (AvgIpc) is 2.42. The minimum atomic E-state index is -0.357. The highest BCUT2D eigenvalue weighted by atomic mass is 35.5. The van der Waals surface area contributed by atoms with Gasteiger partial charge >= 0.3 is 5.97 Å². The summed E-state index contributed by atoms with van der Waals surface area (Å²) < 4.78 is 4.59. The molecular formula is C14H13ClN2O3. The molecular weight excluding hydrogens is 280 g/mol. The van der Waals surface area contributed by atoms with E-state index in [1.54, 1.807) is 30.3 Å². The maximum Gasteiger partial charge on any atom is 0.311 e. The zero-order valence-corrected chi connectivity index (χ0v) is 11.5. The Morgan fingerprint density at radius 1 is 1.40 bits per heavy atom. The van der Waals surface area contributed by atoms with Crippen LogP contribution in [0.2, 0.25) is 5.02 Å². The van der Waals surface area contributed by atoms with Crippen molar-refractivity contribution < 1.29 is 14.6 Å². The molecule has 0 amide bonds. The molecule has 0 saturated carbocycles. The van der Waals surface area contributed by atoms with Gasteiger partial charge in [0.2, 0.25) is 0 Å². The number of carbonyl (C=O) groups is 1. The van der Waals surface area contributed by atoms with Gasteiger partial charge in [-0.15, -0.1) is 0 Å². The second kappa shape index (κ2) is 6.25. The summed E-state index contributed by atoms with van der Waals surface area (Å²) in [7, 11) is 1.33. The van der Waals surface area contributed by atoms with E-state index < -0.39 is 0 Å². The number of pyridine rings is 1. The molecule has 0 saturated heterocycles. The molecule has 0 aliphatic carbocycles. The van der Waals surface area contributed by atoms with Crippen LogP contribution in [0.1, 0.15) is 5.69 Å². The van der Waals surface area contributed by atoms with Crippen LogP contribution in [0.5, 0.6) is 5.75 Å². The van der Waals surface area contributed by atoms with Crippen LogP contribution in [-0.2, 0) is 16.0 Å². The van der Waals surface area contributed by atoms with E-state index in [-0.39, 0.29) is 18.1 Å². The van der Waals surface area contributed by atoms with Crippen LogP contribution in [-0.4, -0.2) is 23.2 Å². The van der Waals surface area contributed by atoms with E-state index in [0.717, 1.165) is 0 Å². The number of esters is 1. The average molecular weight is 293 g/mol. The van der Waals surface area contributed by atoms with E-state index in [9.17, 15) is 9.90 Å². The Balaban J connectivity index is 2.17. The second-order valence-corrected chi connectivity index (χ2v) is 4.49. The smallest absolute Gasteiger partial charge is 0.311 e. The lowest BCUT2D eigenvalue weighted by Gasteiger charge is -2.09. The molecule has 0 radical (unpaired) electrons. The third-order valence-corrected chi connectivity index (χ3v) is 2.82. The van der Waals surface area contributed by atoms with Crippen molar-refractivity contribution >= 4 is 29.1 Å². The molecule has 0 bridgehead atoms. The predicted octanol–water partition coefficient (Wildman–Crippen LogP) is 2.90. The number of hydrogen-bond acceptors (Lipinski definition) is 5. The van der Waals surface area contributed by atoms with Crippen LogP contribution in [0.3, 0.4) is 0 Å². The van der Waals surface area contributed by atoms with E-state index in [1.165, 1.54) is 13.2 Å². The van der Waals surface area contributed by atoms with E-state index >= 15 is 0 Å². The summed E-state index contributed by atoms with van der Waals surface area (Å²) in [6.07, 6.45) is 0.0959. The van der Waals surface area contributed by atoms with Gasteiger partial charge in [-0.1, -0.05) is 17.7 Å². The van der Waals surface area contributed by atoms with Crippen molar-refractivity contribution in [2.45, 2.75) is 6.42 Å². The molecule has 5 nitrogen and oxygen atoms in total. The first-order valence-electron chi connectivity index (χ1n) is 5.87. The number of benzene rings is 1. The number of carbonyl (C=O) groups excluding carboxylic acids is 1. The number of ether oxygens (including phenoxy) is 1. The van der Waals surface area contributed by atoms with Crippen LogP contribution in [0.15, 0.2) is 36.4 Å². The Bertz CT molecular complexity index is 632. The van der Waals surface area contributed by atoms with Gasteiger partial charge < -0.3 is 15.2 Å². The SMILES string of the molecule is COC(=O)Cc1cccc(Nc2ccc(Cl)cc2O)n1. The minimum Gasteiger partial charge on any atom is -0.506 e. The van der Waals surface area contributed by atoms with E-state index in [1.807, 2.05) is 0 Å². The van der Waals surface area contributed by atoms with Crippen molar-refractivity contribution in [1.82, 2.24) is 4.98 Å². The molecule has 6 heteroatoms. The number of phenols is 1. The van der Waals surface area contributed by atoms with Gasteiger partial charge in [-0.25, -0.2) is 4.98 Å².